The first kappa shape index (κ1) is 25.5. The van der Waals surface area contributed by atoms with Crippen LogP contribution >= 0.6 is 11.6 Å². The summed E-state index contributed by atoms with van der Waals surface area (Å²) < 4.78 is 6.19. The van der Waals surface area contributed by atoms with E-state index in [1.165, 1.54) is 0 Å². The number of benzene rings is 2. The molecule has 4 rings (SSSR count). The summed E-state index contributed by atoms with van der Waals surface area (Å²) in [6.45, 7) is 9.04. The van der Waals surface area contributed by atoms with E-state index in [9.17, 15) is 15.0 Å². The van der Waals surface area contributed by atoms with Gasteiger partial charge in [0.2, 0.25) is 0 Å². The van der Waals surface area contributed by atoms with Gasteiger partial charge in [-0.25, -0.2) is 4.99 Å². The zero-order valence-electron chi connectivity index (χ0n) is 20.7. The summed E-state index contributed by atoms with van der Waals surface area (Å²) in [6.07, 6.45) is 0.824. The summed E-state index contributed by atoms with van der Waals surface area (Å²) in [4.78, 5) is 19.9. The van der Waals surface area contributed by atoms with Gasteiger partial charge < -0.3 is 25.2 Å². The Balaban J connectivity index is 1.75. The maximum absolute atomic E-state index is 12.8. The molecule has 35 heavy (non-hydrogen) atoms. The fraction of sp³-hybridized carbons (Fsp3) is 0.481. The maximum atomic E-state index is 12.8. The molecule has 2 heterocycles. The van der Waals surface area contributed by atoms with Crippen molar-refractivity contribution in [3.8, 4) is 11.5 Å². The highest BCUT2D eigenvalue weighted by Crippen LogP contribution is 2.43. The lowest BCUT2D eigenvalue weighted by molar-refractivity contribution is -0.157. The van der Waals surface area contributed by atoms with Crippen molar-refractivity contribution in [1.82, 2.24) is 10.2 Å². The molecule has 0 amide bonds. The summed E-state index contributed by atoms with van der Waals surface area (Å²) in [5, 5.41) is 25.0. The van der Waals surface area contributed by atoms with Crippen LogP contribution in [-0.2, 0) is 4.79 Å². The lowest BCUT2D eigenvalue weighted by Gasteiger charge is -2.47. The summed E-state index contributed by atoms with van der Waals surface area (Å²) >= 11 is 6.26. The number of fused-ring (bicyclic) bond motifs is 2. The number of aliphatic imine (C=N–C) groups is 1. The molecule has 2 aliphatic rings. The Morgan fingerprint density at radius 3 is 2.71 bits per heavy atom. The fourth-order valence-electron chi connectivity index (χ4n) is 5.61. The molecule has 0 spiro atoms. The minimum Gasteiger partial charge on any atom is -0.481 e. The standard InChI is InChI=1S/C27H34ClN3O4/c1-5-27(25(32)33,17(2)15-26(3,4)34)23-16-31(13-12-29-23)24-19-8-6-7-9-21(19)35-22-11-10-18(28)14-20(22)30-24/h6-11,14,17,23,29,34H,5,12-13,15-16H2,1-4H3,(H,32,33)/t17-,23-,27-/m1/s1. The van der Waals surface area contributed by atoms with Gasteiger partial charge in [-0.2, -0.15) is 0 Å². The molecule has 3 atom stereocenters. The topological polar surface area (TPSA) is 94.4 Å². The Kier molecular flexibility index (Phi) is 7.13. The van der Waals surface area contributed by atoms with Gasteiger partial charge in [0.1, 0.15) is 17.3 Å². The predicted octanol–water partition coefficient (Wildman–Crippen LogP) is 5.08. The highest BCUT2D eigenvalue weighted by Gasteiger charge is 2.51. The summed E-state index contributed by atoms with van der Waals surface area (Å²) in [6, 6.07) is 12.8. The molecule has 8 heteroatoms. The van der Waals surface area contributed by atoms with Crippen LogP contribution in [0.1, 0.15) is 46.1 Å². The maximum Gasteiger partial charge on any atom is 0.311 e. The van der Waals surface area contributed by atoms with Crippen LogP contribution in [0.4, 0.5) is 5.69 Å². The van der Waals surface area contributed by atoms with Crippen molar-refractivity contribution in [2.24, 2.45) is 16.3 Å². The van der Waals surface area contributed by atoms with Gasteiger partial charge in [-0.15, -0.1) is 0 Å². The third-order valence-corrected chi connectivity index (χ3v) is 7.50. The number of amidine groups is 1. The number of aliphatic carboxylic acids is 1. The number of nitrogens with one attached hydrogen (secondary N) is 1. The molecule has 1 fully saturated rings. The van der Waals surface area contributed by atoms with E-state index in [0.29, 0.717) is 54.7 Å². The van der Waals surface area contributed by atoms with Crippen molar-refractivity contribution < 1.29 is 19.7 Å². The van der Waals surface area contributed by atoms with Crippen LogP contribution in [0.25, 0.3) is 0 Å². The lowest BCUT2D eigenvalue weighted by Crippen LogP contribution is -2.63. The molecule has 0 bridgehead atoms. The molecule has 3 N–H and O–H groups in total. The molecule has 0 unspecified atom stereocenters. The van der Waals surface area contributed by atoms with Crippen LogP contribution < -0.4 is 10.1 Å². The average Bonchev–Trinajstić information content (AvgIpc) is 2.95. The number of carboxylic acids is 1. The molecule has 0 radical (unpaired) electrons. The second-order valence-electron chi connectivity index (χ2n) is 10.2. The highest BCUT2D eigenvalue weighted by atomic mass is 35.5. The van der Waals surface area contributed by atoms with E-state index >= 15 is 0 Å². The molecule has 2 aliphatic heterocycles. The minimum absolute atomic E-state index is 0.256. The smallest absolute Gasteiger partial charge is 0.311 e. The predicted molar refractivity (Wildman–Crippen MR) is 138 cm³/mol. The van der Waals surface area contributed by atoms with E-state index in [-0.39, 0.29) is 12.0 Å². The number of para-hydroxylation sites is 1. The molecule has 0 aromatic heterocycles. The zero-order chi connectivity index (χ0) is 25.4. The Bertz CT molecular complexity index is 1130. The monoisotopic (exact) mass is 499 g/mol. The van der Waals surface area contributed by atoms with Crippen molar-refractivity contribution >= 4 is 29.1 Å². The van der Waals surface area contributed by atoms with Gasteiger partial charge in [0, 0.05) is 30.7 Å². The number of hydrogen-bond donors (Lipinski definition) is 3. The first-order valence-corrected chi connectivity index (χ1v) is 12.5. The number of carbonyl (C=O) groups is 1. The van der Waals surface area contributed by atoms with E-state index in [0.717, 1.165) is 11.4 Å². The summed E-state index contributed by atoms with van der Waals surface area (Å²) in [7, 11) is 0. The van der Waals surface area contributed by atoms with Crippen molar-refractivity contribution in [1.29, 1.82) is 0 Å². The Labute approximate surface area is 211 Å². The molecule has 7 nitrogen and oxygen atoms in total. The fourth-order valence-corrected chi connectivity index (χ4v) is 5.77. The van der Waals surface area contributed by atoms with Crippen molar-refractivity contribution in [2.45, 2.75) is 52.2 Å². The van der Waals surface area contributed by atoms with Gasteiger partial charge >= 0.3 is 5.97 Å². The highest BCUT2D eigenvalue weighted by molar-refractivity contribution is 6.31. The molecule has 2 aromatic carbocycles. The van der Waals surface area contributed by atoms with Crippen LogP contribution in [0.2, 0.25) is 5.02 Å². The summed E-state index contributed by atoms with van der Waals surface area (Å²) in [5.74, 6) is 0.945. The van der Waals surface area contributed by atoms with Crippen LogP contribution in [0.15, 0.2) is 47.5 Å². The van der Waals surface area contributed by atoms with Gasteiger partial charge in [0.15, 0.2) is 5.75 Å². The zero-order valence-corrected chi connectivity index (χ0v) is 21.5. The van der Waals surface area contributed by atoms with Gasteiger partial charge in [-0.05, 0) is 62.9 Å². The largest absolute Gasteiger partial charge is 0.481 e. The number of piperazine rings is 1. The number of carboxylic acid groups (broad SMARTS) is 1. The Hall–Kier alpha value is -2.61. The Morgan fingerprint density at radius 2 is 2.03 bits per heavy atom. The number of hydrogen-bond acceptors (Lipinski definition) is 6. The molecular formula is C27H34ClN3O4. The number of halogens is 1. The molecule has 1 saturated heterocycles. The van der Waals surface area contributed by atoms with Gasteiger partial charge in [0.25, 0.3) is 0 Å². The Morgan fingerprint density at radius 1 is 1.29 bits per heavy atom. The molecule has 188 valence electrons. The lowest BCUT2D eigenvalue weighted by atomic mass is 9.65. The minimum atomic E-state index is -1.05. The van der Waals surface area contributed by atoms with Gasteiger partial charge in [-0.3, -0.25) is 4.79 Å². The normalized spacial score (nSPS) is 20.5. The number of nitrogens with zero attached hydrogens (tertiary/aromatic N) is 2. The van der Waals surface area contributed by atoms with E-state index in [1.54, 1.807) is 26.0 Å². The molecule has 0 aliphatic carbocycles. The van der Waals surface area contributed by atoms with Crippen molar-refractivity contribution in [3.63, 3.8) is 0 Å². The SMILES string of the molecule is CC[C@@](C(=O)O)([C@H](C)CC(C)(C)O)[C@H]1CN(C2=Nc3cc(Cl)ccc3Oc3ccccc32)CCN1. The molecular weight excluding hydrogens is 466 g/mol. The van der Waals surface area contributed by atoms with E-state index in [4.69, 9.17) is 21.3 Å². The van der Waals surface area contributed by atoms with Crippen molar-refractivity contribution in [3.05, 3.63) is 53.1 Å². The van der Waals surface area contributed by atoms with Crippen LogP contribution in [0, 0.1) is 11.3 Å². The molecule has 2 aromatic rings. The van der Waals surface area contributed by atoms with E-state index in [2.05, 4.69) is 10.2 Å². The van der Waals surface area contributed by atoms with Crippen LogP contribution in [0.3, 0.4) is 0 Å². The van der Waals surface area contributed by atoms with Crippen molar-refractivity contribution in [2.75, 3.05) is 19.6 Å². The first-order chi connectivity index (χ1) is 16.5. The second-order valence-corrected chi connectivity index (χ2v) is 10.7. The van der Waals surface area contributed by atoms with E-state index < -0.39 is 17.0 Å². The van der Waals surface area contributed by atoms with Crippen LogP contribution in [0.5, 0.6) is 11.5 Å². The third-order valence-electron chi connectivity index (χ3n) is 7.26. The first-order valence-electron chi connectivity index (χ1n) is 12.1. The quantitative estimate of drug-likeness (QED) is 0.513. The van der Waals surface area contributed by atoms with Gasteiger partial charge in [0.05, 0.1) is 16.6 Å². The second kappa shape index (κ2) is 9.80. The summed E-state index contributed by atoms with van der Waals surface area (Å²) in [5.41, 5.74) is -0.535. The number of ether oxygens (including phenoxy) is 1. The number of rotatable bonds is 6. The number of aliphatic hydroxyl groups is 1. The third kappa shape index (κ3) is 5.03. The van der Waals surface area contributed by atoms with Gasteiger partial charge in [-0.1, -0.05) is 37.6 Å². The van der Waals surface area contributed by atoms with E-state index in [1.807, 2.05) is 44.2 Å². The van der Waals surface area contributed by atoms with Crippen LogP contribution in [-0.4, -0.2) is 58.2 Å². The average molecular weight is 500 g/mol. The molecule has 0 saturated carbocycles.